The molecule has 0 aliphatic carbocycles. The van der Waals surface area contributed by atoms with Crippen molar-refractivity contribution in [2.75, 3.05) is 13.1 Å². The molecule has 1 atom stereocenters. The number of carbonyl (C=O) groups excluding carboxylic acids is 2. The van der Waals surface area contributed by atoms with Crippen LogP contribution in [-0.2, 0) is 4.79 Å². The number of benzene rings is 1. The van der Waals surface area contributed by atoms with E-state index in [2.05, 4.69) is 5.32 Å². The summed E-state index contributed by atoms with van der Waals surface area (Å²) in [5.41, 5.74) is 0.762. The second-order valence-corrected chi connectivity index (χ2v) is 4.88. The van der Waals surface area contributed by atoms with Gasteiger partial charge in [-0.1, -0.05) is 29.8 Å². The SMILES string of the molecule is C[C@H](NCC(=O)NC(=O)NCC(F)(F)F)c1ccccc1Cl. The summed E-state index contributed by atoms with van der Waals surface area (Å²) in [7, 11) is 0. The maximum Gasteiger partial charge on any atom is 0.405 e. The number of carbonyl (C=O) groups is 2. The fourth-order valence-corrected chi connectivity index (χ4v) is 1.88. The molecule has 0 aromatic heterocycles. The van der Waals surface area contributed by atoms with Crippen LogP contribution in [0.1, 0.15) is 18.5 Å². The molecule has 3 amide bonds. The number of nitrogens with one attached hydrogen (secondary N) is 3. The van der Waals surface area contributed by atoms with E-state index in [4.69, 9.17) is 11.6 Å². The Labute approximate surface area is 130 Å². The van der Waals surface area contributed by atoms with Crippen LogP contribution in [0.4, 0.5) is 18.0 Å². The maximum absolute atomic E-state index is 11.9. The molecule has 0 aliphatic rings. The molecule has 0 saturated heterocycles. The summed E-state index contributed by atoms with van der Waals surface area (Å²) >= 11 is 5.99. The Kier molecular flexibility index (Phi) is 6.63. The number of hydrogen-bond acceptors (Lipinski definition) is 3. The van der Waals surface area contributed by atoms with Crippen molar-refractivity contribution in [1.82, 2.24) is 16.0 Å². The lowest BCUT2D eigenvalue weighted by molar-refractivity contribution is -0.124. The number of imide groups is 1. The van der Waals surface area contributed by atoms with Gasteiger partial charge in [0.05, 0.1) is 6.54 Å². The quantitative estimate of drug-likeness (QED) is 0.772. The van der Waals surface area contributed by atoms with Crippen molar-refractivity contribution in [1.29, 1.82) is 0 Å². The molecule has 0 saturated carbocycles. The first-order valence-corrected chi connectivity index (χ1v) is 6.69. The van der Waals surface area contributed by atoms with Crippen molar-refractivity contribution in [3.05, 3.63) is 34.9 Å². The van der Waals surface area contributed by atoms with Gasteiger partial charge in [-0.25, -0.2) is 4.79 Å². The van der Waals surface area contributed by atoms with E-state index in [1.54, 1.807) is 36.5 Å². The van der Waals surface area contributed by atoms with Crippen LogP contribution in [-0.4, -0.2) is 31.2 Å². The molecule has 22 heavy (non-hydrogen) atoms. The monoisotopic (exact) mass is 337 g/mol. The molecule has 0 fully saturated rings. The standard InChI is InChI=1S/C13H15ClF3N3O2/c1-8(9-4-2-3-5-10(9)14)18-6-11(21)20-12(22)19-7-13(15,16)17/h2-5,8,18H,6-7H2,1H3,(H2,19,20,21,22)/t8-/m0/s1. The lowest BCUT2D eigenvalue weighted by Crippen LogP contribution is -2.46. The number of halogens is 4. The second kappa shape index (κ2) is 8.00. The Morgan fingerprint density at radius 3 is 2.50 bits per heavy atom. The van der Waals surface area contributed by atoms with Crippen molar-refractivity contribution < 1.29 is 22.8 Å². The molecule has 9 heteroatoms. The smallest absolute Gasteiger partial charge is 0.329 e. The molecule has 0 aliphatic heterocycles. The zero-order valence-corrected chi connectivity index (χ0v) is 12.4. The Morgan fingerprint density at radius 1 is 1.27 bits per heavy atom. The molecular weight excluding hydrogens is 323 g/mol. The Hall–Kier alpha value is -1.80. The second-order valence-electron chi connectivity index (χ2n) is 4.47. The van der Waals surface area contributed by atoms with Crippen molar-refractivity contribution in [3.63, 3.8) is 0 Å². The fraction of sp³-hybridized carbons (Fsp3) is 0.385. The van der Waals surface area contributed by atoms with Crippen molar-refractivity contribution in [3.8, 4) is 0 Å². The van der Waals surface area contributed by atoms with Gasteiger partial charge >= 0.3 is 12.2 Å². The molecule has 0 unspecified atom stereocenters. The predicted octanol–water partition coefficient (Wildman–Crippen LogP) is 2.38. The molecule has 122 valence electrons. The van der Waals surface area contributed by atoms with E-state index < -0.39 is 24.7 Å². The molecule has 1 rings (SSSR count). The van der Waals surface area contributed by atoms with E-state index in [1.807, 2.05) is 0 Å². The van der Waals surface area contributed by atoms with E-state index in [-0.39, 0.29) is 12.6 Å². The minimum Gasteiger partial charge on any atom is -0.329 e. The first kappa shape index (κ1) is 18.2. The van der Waals surface area contributed by atoms with E-state index in [1.165, 1.54) is 5.32 Å². The van der Waals surface area contributed by atoms with Crippen LogP contribution in [0.3, 0.4) is 0 Å². The van der Waals surface area contributed by atoms with E-state index in [9.17, 15) is 22.8 Å². The highest BCUT2D eigenvalue weighted by Crippen LogP contribution is 2.21. The van der Waals surface area contributed by atoms with E-state index in [0.717, 1.165) is 5.56 Å². The average molecular weight is 338 g/mol. The van der Waals surface area contributed by atoms with Gasteiger partial charge < -0.3 is 10.6 Å². The van der Waals surface area contributed by atoms with Gasteiger partial charge in [-0.2, -0.15) is 13.2 Å². The summed E-state index contributed by atoms with van der Waals surface area (Å²) in [4.78, 5) is 22.5. The van der Waals surface area contributed by atoms with Crippen LogP contribution in [0.2, 0.25) is 5.02 Å². The van der Waals surface area contributed by atoms with Gasteiger partial charge in [-0.05, 0) is 18.6 Å². The predicted molar refractivity (Wildman–Crippen MR) is 75.5 cm³/mol. The fourth-order valence-electron chi connectivity index (χ4n) is 1.58. The van der Waals surface area contributed by atoms with Crippen molar-refractivity contribution >= 4 is 23.5 Å². The molecule has 1 aromatic carbocycles. The third-order valence-corrected chi connectivity index (χ3v) is 2.99. The highest BCUT2D eigenvalue weighted by Gasteiger charge is 2.27. The molecule has 0 spiro atoms. The van der Waals surface area contributed by atoms with Crippen LogP contribution in [0, 0.1) is 0 Å². The summed E-state index contributed by atoms with van der Waals surface area (Å²) in [5, 5.41) is 6.66. The van der Waals surface area contributed by atoms with Crippen LogP contribution < -0.4 is 16.0 Å². The Bertz CT molecular complexity index is 538. The number of rotatable bonds is 5. The number of hydrogen-bond donors (Lipinski definition) is 3. The highest BCUT2D eigenvalue weighted by molar-refractivity contribution is 6.31. The van der Waals surface area contributed by atoms with Crippen LogP contribution in [0.15, 0.2) is 24.3 Å². The van der Waals surface area contributed by atoms with Crippen LogP contribution in [0.25, 0.3) is 0 Å². The first-order chi connectivity index (χ1) is 10.2. The Balaban J connectivity index is 2.37. The largest absolute Gasteiger partial charge is 0.405 e. The number of urea groups is 1. The van der Waals surface area contributed by atoms with Crippen LogP contribution in [0.5, 0.6) is 0 Å². The van der Waals surface area contributed by atoms with Crippen LogP contribution >= 0.6 is 11.6 Å². The summed E-state index contributed by atoms with van der Waals surface area (Å²) in [6, 6.07) is 5.54. The van der Waals surface area contributed by atoms with Gasteiger partial charge in [0.25, 0.3) is 0 Å². The maximum atomic E-state index is 11.9. The van der Waals surface area contributed by atoms with Gasteiger partial charge in [0, 0.05) is 11.1 Å². The Morgan fingerprint density at radius 2 is 1.91 bits per heavy atom. The average Bonchev–Trinajstić information content (AvgIpc) is 2.42. The number of alkyl halides is 3. The van der Waals surface area contributed by atoms with Gasteiger partial charge in [0.15, 0.2) is 0 Å². The van der Waals surface area contributed by atoms with E-state index >= 15 is 0 Å². The van der Waals surface area contributed by atoms with Gasteiger partial charge in [-0.3, -0.25) is 10.1 Å². The van der Waals surface area contributed by atoms with Crippen molar-refractivity contribution in [2.24, 2.45) is 0 Å². The molecule has 0 bridgehead atoms. The van der Waals surface area contributed by atoms with Gasteiger partial charge in [-0.15, -0.1) is 0 Å². The zero-order valence-electron chi connectivity index (χ0n) is 11.6. The minimum absolute atomic E-state index is 0.244. The normalized spacial score (nSPS) is 12.6. The number of amides is 3. The summed E-state index contributed by atoms with van der Waals surface area (Å²) in [6.45, 7) is 0.0135. The third-order valence-electron chi connectivity index (χ3n) is 2.64. The lowest BCUT2D eigenvalue weighted by atomic mass is 10.1. The molecular formula is C13H15ClF3N3O2. The lowest BCUT2D eigenvalue weighted by Gasteiger charge is -2.15. The summed E-state index contributed by atoms with van der Waals surface area (Å²) in [6.07, 6.45) is -4.53. The first-order valence-electron chi connectivity index (χ1n) is 6.31. The highest BCUT2D eigenvalue weighted by atomic mass is 35.5. The molecule has 1 aromatic rings. The summed E-state index contributed by atoms with van der Waals surface area (Å²) < 4.78 is 35.6. The third kappa shape index (κ3) is 6.77. The van der Waals surface area contributed by atoms with Gasteiger partial charge in [0.2, 0.25) is 5.91 Å². The van der Waals surface area contributed by atoms with E-state index in [0.29, 0.717) is 5.02 Å². The molecule has 5 nitrogen and oxygen atoms in total. The summed E-state index contributed by atoms with van der Waals surface area (Å²) in [5.74, 6) is -0.751. The molecule has 0 heterocycles. The van der Waals surface area contributed by atoms with Crippen molar-refractivity contribution in [2.45, 2.75) is 19.1 Å². The molecule has 0 radical (unpaired) electrons. The van der Waals surface area contributed by atoms with Gasteiger partial charge in [0.1, 0.15) is 6.54 Å². The zero-order chi connectivity index (χ0) is 16.8. The topological polar surface area (TPSA) is 70.2 Å². The molecule has 3 N–H and O–H groups in total. The minimum atomic E-state index is -4.53.